The van der Waals surface area contributed by atoms with Gasteiger partial charge in [-0.1, -0.05) is 17.7 Å². The topological polar surface area (TPSA) is 45.8 Å². The van der Waals surface area contributed by atoms with E-state index in [-0.39, 0.29) is 5.78 Å². The maximum absolute atomic E-state index is 11.4. The van der Waals surface area contributed by atoms with Crippen LogP contribution in [-0.4, -0.2) is 15.8 Å². The lowest BCUT2D eigenvalue weighted by Gasteiger charge is -2.09. The smallest absolute Gasteiger partial charge is 0.195 e. The van der Waals surface area contributed by atoms with Crippen LogP contribution in [0.25, 0.3) is 11.3 Å². The summed E-state index contributed by atoms with van der Waals surface area (Å²) in [5.74, 6) is 0.397. The molecule has 3 heteroatoms. The van der Waals surface area contributed by atoms with Crippen LogP contribution in [0.2, 0.25) is 0 Å². The molecule has 0 radical (unpaired) electrons. The summed E-state index contributed by atoms with van der Waals surface area (Å²) in [5.41, 5.74) is 6.58. The molecule has 0 aliphatic heterocycles. The lowest BCUT2D eigenvalue weighted by Crippen LogP contribution is -1.95. The number of carbonyl (C=O) groups is 1. The molecule has 0 unspecified atom stereocenters. The third-order valence-corrected chi connectivity index (χ3v) is 3.13. The fourth-order valence-corrected chi connectivity index (χ4v) is 2.42. The number of nitrogens with one attached hydrogen (secondary N) is 1. The summed E-state index contributed by atoms with van der Waals surface area (Å²) in [6.07, 6.45) is 0. The highest BCUT2D eigenvalue weighted by Gasteiger charge is 2.15. The summed E-state index contributed by atoms with van der Waals surface area (Å²) in [5, 5.41) is 0. The van der Waals surface area contributed by atoms with Gasteiger partial charge in [-0.15, -0.1) is 0 Å². The molecule has 0 atom stereocenters. The fraction of sp³-hybridized carbons (Fsp3) is 0.333. The lowest BCUT2D eigenvalue weighted by molar-refractivity contribution is 0.100. The van der Waals surface area contributed by atoms with E-state index in [9.17, 15) is 4.79 Å². The Kier molecular flexibility index (Phi) is 3.07. The number of benzene rings is 1. The highest BCUT2D eigenvalue weighted by molar-refractivity contribution is 5.91. The van der Waals surface area contributed by atoms with Crippen LogP contribution in [0, 0.1) is 27.7 Å². The SMILES string of the molecule is CC(=O)c1nc(-c2c(C)cc(C)cc2C)c(C)[nH]1. The third kappa shape index (κ3) is 2.08. The molecule has 3 nitrogen and oxygen atoms in total. The number of aromatic nitrogens is 2. The average Bonchev–Trinajstić information content (AvgIpc) is 2.59. The highest BCUT2D eigenvalue weighted by atomic mass is 16.1. The number of aryl methyl sites for hydroxylation is 4. The van der Waals surface area contributed by atoms with E-state index in [1.807, 2.05) is 6.92 Å². The average molecular weight is 242 g/mol. The predicted molar refractivity (Wildman–Crippen MR) is 73.0 cm³/mol. The monoisotopic (exact) mass is 242 g/mol. The minimum absolute atomic E-state index is 0.0354. The molecule has 1 aromatic heterocycles. The molecular weight excluding hydrogens is 224 g/mol. The van der Waals surface area contributed by atoms with Crippen molar-refractivity contribution in [2.75, 3.05) is 0 Å². The molecule has 0 amide bonds. The zero-order valence-corrected chi connectivity index (χ0v) is 11.5. The molecule has 0 fully saturated rings. The van der Waals surface area contributed by atoms with Crippen molar-refractivity contribution in [1.82, 2.24) is 9.97 Å². The summed E-state index contributed by atoms with van der Waals surface area (Å²) in [6, 6.07) is 4.29. The largest absolute Gasteiger partial charge is 0.339 e. The molecule has 0 saturated carbocycles. The number of Topliss-reactive ketones (excluding diaryl/α,β-unsaturated/α-hetero) is 1. The molecule has 0 spiro atoms. The summed E-state index contributed by atoms with van der Waals surface area (Å²) in [4.78, 5) is 18.8. The first-order valence-electron chi connectivity index (χ1n) is 6.06. The highest BCUT2D eigenvalue weighted by Crippen LogP contribution is 2.29. The molecule has 0 aliphatic carbocycles. The number of imidazole rings is 1. The zero-order chi connectivity index (χ0) is 13.4. The van der Waals surface area contributed by atoms with E-state index in [0.29, 0.717) is 5.82 Å². The van der Waals surface area contributed by atoms with Crippen molar-refractivity contribution in [3.63, 3.8) is 0 Å². The summed E-state index contributed by atoms with van der Waals surface area (Å²) < 4.78 is 0. The maximum Gasteiger partial charge on any atom is 0.195 e. The Morgan fingerprint density at radius 1 is 1.11 bits per heavy atom. The third-order valence-electron chi connectivity index (χ3n) is 3.13. The van der Waals surface area contributed by atoms with Crippen LogP contribution < -0.4 is 0 Å². The van der Waals surface area contributed by atoms with Crippen LogP contribution in [0.3, 0.4) is 0 Å². The normalized spacial score (nSPS) is 10.7. The van der Waals surface area contributed by atoms with E-state index in [1.54, 1.807) is 0 Å². The molecule has 18 heavy (non-hydrogen) atoms. The van der Waals surface area contributed by atoms with Gasteiger partial charge in [-0.2, -0.15) is 0 Å². The van der Waals surface area contributed by atoms with Crippen LogP contribution in [0.4, 0.5) is 0 Å². The quantitative estimate of drug-likeness (QED) is 0.819. The summed E-state index contributed by atoms with van der Waals surface area (Å²) in [6.45, 7) is 9.72. The second-order valence-corrected chi connectivity index (χ2v) is 4.89. The van der Waals surface area contributed by atoms with Gasteiger partial charge in [0.2, 0.25) is 0 Å². The molecule has 1 aromatic carbocycles. The van der Waals surface area contributed by atoms with Gasteiger partial charge >= 0.3 is 0 Å². The first-order chi connectivity index (χ1) is 8.40. The molecular formula is C15H18N2O. The molecule has 94 valence electrons. The van der Waals surface area contributed by atoms with Gasteiger partial charge in [0, 0.05) is 18.2 Å². The van der Waals surface area contributed by atoms with Crippen molar-refractivity contribution >= 4 is 5.78 Å². The summed E-state index contributed by atoms with van der Waals surface area (Å²) >= 11 is 0. The van der Waals surface area contributed by atoms with Crippen LogP contribution in [0.1, 0.15) is 39.9 Å². The van der Waals surface area contributed by atoms with Gasteiger partial charge < -0.3 is 4.98 Å². The van der Waals surface area contributed by atoms with Gasteiger partial charge in [0.1, 0.15) is 0 Å². The number of hydrogen-bond acceptors (Lipinski definition) is 2. The van der Waals surface area contributed by atoms with Gasteiger partial charge in [0.05, 0.1) is 5.69 Å². The lowest BCUT2D eigenvalue weighted by atomic mass is 9.96. The molecule has 2 aromatic rings. The molecule has 0 saturated heterocycles. The number of ketones is 1. The Morgan fingerprint density at radius 3 is 2.11 bits per heavy atom. The van der Waals surface area contributed by atoms with Crippen molar-refractivity contribution in [2.45, 2.75) is 34.6 Å². The van der Waals surface area contributed by atoms with E-state index in [2.05, 4.69) is 42.9 Å². The Bertz CT molecular complexity index is 600. The van der Waals surface area contributed by atoms with Gasteiger partial charge in [0.15, 0.2) is 11.6 Å². The number of H-pyrrole nitrogens is 1. The minimum Gasteiger partial charge on any atom is -0.339 e. The van der Waals surface area contributed by atoms with Crippen molar-refractivity contribution in [3.8, 4) is 11.3 Å². The Morgan fingerprint density at radius 2 is 1.67 bits per heavy atom. The van der Waals surface area contributed by atoms with Crippen LogP contribution in [-0.2, 0) is 0 Å². The van der Waals surface area contributed by atoms with E-state index in [4.69, 9.17) is 0 Å². The maximum atomic E-state index is 11.4. The van der Waals surface area contributed by atoms with Crippen LogP contribution in [0.5, 0.6) is 0 Å². The van der Waals surface area contributed by atoms with E-state index in [1.165, 1.54) is 23.6 Å². The standard InChI is InChI=1S/C15H18N2O/c1-8-6-9(2)13(10(3)7-8)14-11(4)16-15(17-14)12(5)18/h6-7H,1-5H3,(H,16,17). The molecule has 0 bridgehead atoms. The molecule has 1 N–H and O–H groups in total. The van der Waals surface area contributed by atoms with Gasteiger partial charge in [0.25, 0.3) is 0 Å². The first-order valence-corrected chi connectivity index (χ1v) is 6.06. The second-order valence-electron chi connectivity index (χ2n) is 4.89. The van der Waals surface area contributed by atoms with Gasteiger partial charge in [-0.3, -0.25) is 4.79 Å². The Balaban J connectivity index is 2.66. The van der Waals surface area contributed by atoms with Gasteiger partial charge in [-0.05, 0) is 38.8 Å². The van der Waals surface area contributed by atoms with Gasteiger partial charge in [-0.25, -0.2) is 4.98 Å². The minimum atomic E-state index is -0.0354. The number of aromatic amines is 1. The zero-order valence-electron chi connectivity index (χ0n) is 11.5. The van der Waals surface area contributed by atoms with Crippen molar-refractivity contribution < 1.29 is 4.79 Å². The number of hydrogen-bond donors (Lipinski definition) is 1. The Labute approximate surface area is 107 Å². The molecule has 1 heterocycles. The predicted octanol–water partition coefficient (Wildman–Crippen LogP) is 3.51. The van der Waals surface area contributed by atoms with E-state index >= 15 is 0 Å². The number of carbonyl (C=O) groups excluding carboxylic acids is 1. The van der Waals surface area contributed by atoms with Crippen LogP contribution in [0.15, 0.2) is 12.1 Å². The second kappa shape index (κ2) is 4.41. The fourth-order valence-electron chi connectivity index (χ4n) is 2.42. The van der Waals surface area contributed by atoms with Crippen LogP contribution >= 0.6 is 0 Å². The number of rotatable bonds is 2. The van der Waals surface area contributed by atoms with Crippen molar-refractivity contribution in [3.05, 3.63) is 40.3 Å². The first kappa shape index (κ1) is 12.6. The van der Waals surface area contributed by atoms with Crippen molar-refractivity contribution in [2.24, 2.45) is 0 Å². The van der Waals surface area contributed by atoms with E-state index in [0.717, 1.165) is 17.0 Å². The molecule has 0 aliphatic rings. The Hall–Kier alpha value is -1.90. The summed E-state index contributed by atoms with van der Waals surface area (Å²) in [7, 11) is 0. The molecule has 2 rings (SSSR count). The number of nitrogens with zero attached hydrogens (tertiary/aromatic N) is 1. The van der Waals surface area contributed by atoms with E-state index < -0.39 is 0 Å². The van der Waals surface area contributed by atoms with Crippen molar-refractivity contribution in [1.29, 1.82) is 0 Å².